The highest BCUT2D eigenvalue weighted by Crippen LogP contribution is 2.16. The number of methoxy groups -OCH3 is 1. The van der Waals surface area contributed by atoms with Gasteiger partial charge in [0.2, 0.25) is 0 Å². The van der Waals surface area contributed by atoms with E-state index in [1.165, 1.54) is 5.56 Å². The molecule has 0 aliphatic carbocycles. The van der Waals surface area contributed by atoms with Gasteiger partial charge in [0.1, 0.15) is 0 Å². The van der Waals surface area contributed by atoms with E-state index < -0.39 is 0 Å². The van der Waals surface area contributed by atoms with Crippen LogP contribution < -0.4 is 5.73 Å². The molecule has 1 aromatic carbocycles. The number of anilines is 1. The molecule has 2 N–H and O–H groups in total. The SMILES string of the molecule is COC(C)(C)Cc1ccc(N)cc1. The van der Waals surface area contributed by atoms with Crippen LogP contribution >= 0.6 is 0 Å². The molecule has 0 radical (unpaired) electrons. The normalized spacial score (nSPS) is 11.6. The Morgan fingerprint density at radius 3 is 2.23 bits per heavy atom. The average Bonchev–Trinajstić information content (AvgIpc) is 2.09. The van der Waals surface area contributed by atoms with Crippen molar-refractivity contribution >= 4 is 5.69 Å². The van der Waals surface area contributed by atoms with Crippen LogP contribution in [0.4, 0.5) is 5.69 Å². The molecule has 0 bridgehead atoms. The molecule has 1 aromatic rings. The van der Waals surface area contributed by atoms with Crippen LogP contribution in [0.5, 0.6) is 0 Å². The van der Waals surface area contributed by atoms with Gasteiger partial charge >= 0.3 is 0 Å². The van der Waals surface area contributed by atoms with Crippen LogP contribution in [0.25, 0.3) is 0 Å². The maximum Gasteiger partial charge on any atom is 0.0662 e. The molecule has 0 amide bonds. The Labute approximate surface area is 79.7 Å². The van der Waals surface area contributed by atoms with Crippen molar-refractivity contribution in [1.82, 2.24) is 0 Å². The van der Waals surface area contributed by atoms with Gasteiger partial charge in [-0.05, 0) is 31.5 Å². The zero-order chi connectivity index (χ0) is 9.90. The van der Waals surface area contributed by atoms with Crippen molar-refractivity contribution in [2.24, 2.45) is 0 Å². The lowest BCUT2D eigenvalue weighted by atomic mass is 9.98. The lowest BCUT2D eigenvalue weighted by Gasteiger charge is -2.22. The third-order valence-electron chi connectivity index (χ3n) is 2.16. The zero-order valence-corrected chi connectivity index (χ0v) is 8.50. The van der Waals surface area contributed by atoms with E-state index in [1.807, 2.05) is 24.3 Å². The molecule has 2 heteroatoms. The summed E-state index contributed by atoms with van der Waals surface area (Å²) in [7, 11) is 1.73. The van der Waals surface area contributed by atoms with Crippen molar-refractivity contribution in [3.63, 3.8) is 0 Å². The summed E-state index contributed by atoms with van der Waals surface area (Å²) in [6, 6.07) is 7.91. The van der Waals surface area contributed by atoms with E-state index in [-0.39, 0.29) is 5.60 Å². The van der Waals surface area contributed by atoms with Crippen LogP contribution in [0.2, 0.25) is 0 Å². The summed E-state index contributed by atoms with van der Waals surface area (Å²) in [4.78, 5) is 0. The van der Waals surface area contributed by atoms with Crippen LogP contribution in [0.15, 0.2) is 24.3 Å². The summed E-state index contributed by atoms with van der Waals surface area (Å²) >= 11 is 0. The zero-order valence-electron chi connectivity index (χ0n) is 8.50. The van der Waals surface area contributed by atoms with Crippen LogP contribution in [0.3, 0.4) is 0 Å². The van der Waals surface area contributed by atoms with Crippen molar-refractivity contribution in [3.05, 3.63) is 29.8 Å². The van der Waals surface area contributed by atoms with E-state index in [2.05, 4.69) is 13.8 Å². The second-order valence-corrected chi connectivity index (χ2v) is 3.88. The fourth-order valence-corrected chi connectivity index (χ4v) is 1.20. The Morgan fingerprint density at radius 1 is 1.23 bits per heavy atom. The van der Waals surface area contributed by atoms with Gasteiger partial charge in [0, 0.05) is 19.2 Å². The Morgan fingerprint density at radius 2 is 1.77 bits per heavy atom. The lowest BCUT2D eigenvalue weighted by molar-refractivity contribution is 0.0232. The molecular weight excluding hydrogens is 162 g/mol. The third kappa shape index (κ3) is 3.07. The highest BCUT2D eigenvalue weighted by molar-refractivity contribution is 5.39. The molecule has 2 nitrogen and oxygen atoms in total. The Kier molecular flexibility index (Phi) is 2.94. The molecule has 0 aliphatic heterocycles. The molecule has 0 atom stereocenters. The highest BCUT2D eigenvalue weighted by Gasteiger charge is 2.16. The van der Waals surface area contributed by atoms with Gasteiger partial charge in [-0.15, -0.1) is 0 Å². The molecule has 1 rings (SSSR count). The number of nitrogen functional groups attached to an aromatic ring is 1. The minimum atomic E-state index is -0.101. The predicted molar refractivity (Wildman–Crippen MR) is 55.6 cm³/mol. The van der Waals surface area contributed by atoms with Gasteiger partial charge in [-0.2, -0.15) is 0 Å². The maximum absolute atomic E-state index is 5.59. The number of nitrogens with two attached hydrogens (primary N) is 1. The fraction of sp³-hybridized carbons (Fsp3) is 0.455. The standard InChI is InChI=1S/C11H17NO/c1-11(2,13-3)8-9-4-6-10(12)7-5-9/h4-7H,8,12H2,1-3H3. The molecule has 0 fully saturated rings. The summed E-state index contributed by atoms with van der Waals surface area (Å²) in [5, 5.41) is 0. The molecule has 0 unspecified atom stereocenters. The second-order valence-electron chi connectivity index (χ2n) is 3.88. The molecule has 0 spiro atoms. The number of benzene rings is 1. The first kappa shape index (κ1) is 10.1. The first-order chi connectivity index (χ1) is 6.03. The predicted octanol–water partition coefficient (Wildman–Crippen LogP) is 2.24. The van der Waals surface area contributed by atoms with Gasteiger partial charge in [0.05, 0.1) is 5.60 Å². The topological polar surface area (TPSA) is 35.2 Å². The Bertz CT molecular complexity index is 264. The smallest absolute Gasteiger partial charge is 0.0662 e. The van der Waals surface area contributed by atoms with E-state index in [9.17, 15) is 0 Å². The number of hydrogen-bond acceptors (Lipinski definition) is 2. The van der Waals surface area contributed by atoms with E-state index in [0.29, 0.717) is 0 Å². The first-order valence-electron chi connectivity index (χ1n) is 4.43. The summed E-state index contributed by atoms with van der Waals surface area (Å²) in [5.41, 5.74) is 7.55. The van der Waals surface area contributed by atoms with Crippen LogP contribution in [-0.2, 0) is 11.2 Å². The lowest BCUT2D eigenvalue weighted by Crippen LogP contribution is -2.25. The quantitative estimate of drug-likeness (QED) is 0.722. The monoisotopic (exact) mass is 179 g/mol. The van der Waals surface area contributed by atoms with Gasteiger partial charge in [-0.25, -0.2) is 0 Å². The van der Waals surface area contributed by atoms with Crippen LogP contribution in [0.1, 0.15) is 19.4 Å². The van der Waals surface area contributed by atoms with Gasteiger partial charge in [-0.3, -0.25) is 0 Å². The van der Waals surface area contributed by atoms with Crippen LogP contribution in [0, 0.1) is 0 Å². The average molecular weight is 179 g/mol. The van der Waals surface area contributed by atoms with E-state index in [0.717, 1.165) is 12.1 Å². The summed E-state index contributed by atoms with van der Waals surface area (Å²) in [6.45, 7) is 4.15. The Balaban J connectivity index is 2.69. The number of hydrogen-bond donors (Lipinski definition) is 1. The van der Waals surface area contributed by atoms with Gasteiger partial charge < -0.3 is 10.5 Å². The first-order valence-corrected chi connectivity index (χ1v) is 4.43. The number of rotatable bonds is 3. The second kappa shape index (κ2) is 3.79. The molecule has 0 saturated heterocycles. The molecule has 13 heavy (non-hydrogen) atoms. The molecule has 0 aliphatic rings. The summed E-state index contributed by atoms with van der Waals surface area (Å²) in [5.74, 6) is 0. The third-order valence-corrected chi connectivity index (χ3v) is 2.16. The maximum atomic E-state index is 5.59. The highest BCUT2D eigenvalue weighted by atomic mass is 16.5. The largest absolute Gasteiger partial charge is 0.399 e. The van der Waals surface area contributed by atoms with E-state index >= 15 is 0 Å². The van der Waals surface area contributed by atoms with E-state index in [1.54, 1.807) is 7.11 Å². The van der Waals surface area contributed by atoms with E-state index in [4.69, 9.17) is 10.5 Å². The summed E-state index contributed by atoms with van der Waals surface area (Å²) in [6.07, 6.45) is 0.907. The molecule has 0 aromatic heterocycles. The fourth-order valence-electron chi connectivity index (χ4n) is 1.20. The molecule has 0 heterocycles. The summed E-state index contributed by atoms with van der Waals surface area (Å²) < 4.78 is 5.34. The molecule has 0 saturated carbocycles. The molecule has 72 valence electrons. The van der Waals surface area contributed by atoms with Gasteiger partial charge in [0.15, 0.2) is 0 Å². The van der Waals surface area contributed by atoms with Crippen molar-refractivity contribution in [2.45, 2.75) is 25.9 Å². The number of ether oxygens (including phenoxy) is 1. The minimum absolute atomic E-state index is 0.101. The van der Waals surface area contributed by atoms with Crippen molar-refractivity contribution in [1.29, 1.82) is 0 Å². The van der Waals surface area contributed by atoms with Gasteiger partial charge in [-0.1, -0.05) is 12.1 Å². The molecular formula is C11H17NO. The van der Waals surface area contributed by atoms with Gasteiger partial charge in [0.25, 0.3) is 0 Å². The minimum Gasteiger partial charge on any atom is -0.399 e. The van der Waals surface area contributed by atoms with Crippen molar-refractivity contribution in [3.8, 4) is 0 Å². The Hall–Kier alpha value is -1.02. The van der Waals surface area contributed by atoms with Crippen molar-refractivity contribution < 1.29 is 4.74 Å². The van der Waals surface area contributed by atoms with Crippen LogP contribution in [-0.4, -0.2) is 12.7 Å². The van der Waals surface area contributed by atoms with Crippen molar-refractivity contribution in [2.75, 3.05) is 12.8 Å².